The average molecular weight is 704 g/mol. The van der Waals surface area contributed by atoms with E-state index in [0.29, 0.717) is 44.2 Å². The van der Waals surface area contributed by atoms with Crippen LogP contribution in [0.25, 0.3) is 0 Å². The summed E-state index contributed by atoms with van der Waals surface area (Å²) in [6.45, 7) is 18.6. The number of nitrogens with two attached hydrogens (primary N) is 1. The highest BCUT2D eigenvalue weighted by molar-refractivity contribution is 5.99. The Bertz CT molecular complexity index is 1340. The number of carbonyl (C=O) groups is 6. The summed E-state index contributed by atoms with van der Waals surface area (Å²) in [6.07, 6.45) is -0.680. The summed E-state index contributed by atoms with van der Waals surface area (Å²) in [6, 6.07) is -3.04. The zero-order chi connectivity index (χ0) is 37.9. The molecule has 2 heterocycles. The molecule has 50 heavy (non-hydrogen) atoms. The molecular weight excluding hydrogens is 646 g/mol. The third-order valence-corrected chi connectivity index (χ3v) is 9.05. The van der Waals surface area contributed by atoms with Crippen LogP contribution in [-0.4, -0.2) is 101 Å². The number of hydrogen-bond acceptors (Lipinski definition) is 10. The molecule has 0 bridgehead atoms. The van der Waals surface area contributed by atoms with E-state index in [1.54, 1.807) is 27.7 Å². The molecule has 2 aliphatic rings. The quantitative estimate of drug-likeness (QED) is 0.165. The summed E-state index contributed by atoms with van der Waals surface area (Å²) in [7, 11) is 1.46. The second-order valence-corrected chi connectivity index (χ2v) is 13.8. The van der Waals surface area contributed by atoms with Gasteiger partial charge in [0, 0.05) is 19.3 Å². The number of nitrogens with zero attached hydrogens (tertiary/aromatic N) is 2. The van der Waals surface area contributed by atoms with Crippen LogP contribution in [0, 0.1) is 11.8 Å². The number of fused-ring (bicyclic) bond motifs is 1. The maximum absolute atomic E-state index is 14.1. The molecule has 0 radical (unpaired) electrons. The predicted molar refractivity (Wildman–Crippen MR) is 186 cm³/mol. The maximum Gasteiger partial charge on any atom is 0.334 e. The number of cyclic esters (lactones) is 2. The molecule has 0 spiro atoms. The van der Waals surface area contributed by atoms with Crippen LogP contribution in [0.1, 0.15) is 92.9 Å². The van der Waals surface area contributed by atoms with Crippen LogP contribution in [0.3, 0.4) is 0 Å². The average Bonchev–Trinajstić information content (AvgIpc) is 3.55. The van der Waals surface area contributed by atoms with Crippen molar-refractivity contribution in [2.45, 2.75) is 123 Å². The lowest BCUT2D eigenvalue weighted by molar-refractivity contribution is -0.161. The predicted octanol–water partition coefficient (Wildman–Crippen LogP) is 2.21. The molecule has 0 saturated carbocycles. The molecule has 5 atom stereocenters. The molecular formula is C36H57N5O9. The highest BCUT2D eigenvalue weighted by Gasteiger charge is 2.42. The van der Waals surface area contributed by atoms with Gasteiger partial charge in [-0.1, -0.05) is 53.3 Å². The number of ether oxygens (including phenoxy) is 2. The summed E-state index contributed by atoms with van der Waals surface area (Å²) >= 11 is 0. The molecule has 0 unspecified atom stereocenters. The fraction of sp³-hybridized carbons (Fsp3) is 0.667. The number of nitrogens with one attached hydrogen (secondary N) is 2. The van der Waals surface area contributed by atoms with Gasteiger partial charge in [-0.05, 0) is 70.3 Å². The van der Waals surface area contributed by atoms with Gasteiger partial charge >= 0.3 is 11.9 Å². The van der Waals surface area contributed by atoms with Crippen LogP contribution in [0.5, 0.6) is 0 Å². The van der Waals surface area contributed by atoms with E-state index in [1.807, 2.05) is 13.8 Å². The first-order chi connectivity index (χ1) is 23.4. The van der Waals surface area contributed by atoms with Crippen molar-refractivity contribution in [3.63, 3.8) is 0 Å². The zero-order valence-electron chi connectivity index (χ0n) is 30.7. The monoisotopic (exact) mass is 703 g/mol. The summed E-state index contributed by atoms with van der Waals surface area (Å²) in [4.78, 5) is 84.4. The van der Waals surface area contributed by atoms with Gasteiger partial charge in [0.05, 0.1) is 12.0 Å². The van der Waals surface area contributed by atoms with E-state index in [9.17, 15) is 33.9 Å². The molecule has 0 aromatic heterocycles. The van der Waals surface area contributed by atoms with Gasteiger partial charge in [0.15, 0.2) is 6.10 Å². The van der Waals surface area contributed by atoms with E-state index in [4.69, 9.17) is 15.2 Å². The van der Waals surface area contributed by atoms with Crippen LogP contribution in [0.2, 0.25) is 0 Å². The molecule has 0 aromatic rings. The number of rotatable bonds is 8. The Balaban J connectivity index is 2.64. The Kier molecular flexibility index (Phi) is 16.3. The first-order valence-electron chi connectivity index (χ1n) is 17.5. The van der Waals surface area contributed by atoms with Gasteiger partial charge < -0.3 is 40.7 Å². The molecule has 280 valence electrons. The first-order valence-corrected chi connectivity index (χ1v) is 17.5. The molecule has 2 saturated heterocycles. The van der Waals surface area contributed by atoms with E-state index < -0.39 is 78.2 Å². The lowest BCUT2D eigenvalue weighted by Gasteiger charge is -2.34. The second-order valence-electron chi connectivity index (χ2n) is 13.8. The minimum absolute atomic E-state index is 0.0133. The van der Waals surface area contributed by atoms with Gasteiger partial charge in [0.2, 0.25) is 11.8 Å². The van der Waals surface area contributed by atoms with Crippen LogP contribution >= 0.6 is 0 Å². The van der Waals surface area contributed by atoms with Gasteiger partial charge in [0.1, 0.15) is 30.0 Å². The molecule has 2 aliphatic heterocycles. The summed E-state index contributed by atoms with van der Waals surface area (Å²) in [5.41, 5.74) is 5.92. The van der Waals surface area contributed by atoms with Gasteiger partial charge in [-0.25, -0.2) is 4.79 Å². The van der Waals surface area contributed by atoms with Gasteiger partial charge in [0.25, 0.3) is 11.8 Å². The van der Waals surface area contributed by atoms with Gasteiger partial charge in [-0.3, -0.25) is 24.0 Å². The fourth-order valence-electron chi connectivity index (χ4n) is 5.96. The molecule has 2 fully saturated rings. The Labute approximate surface area is 295 Å². The number of carbonyl (C=O) groups excluding carboxylic acids is 6. The highest BCUT2D eigenvalue weighted by atomic mass is 16.6. The highest BCUT2D eigenvalue weighted by Crippen LogP contribution is 2.25. The molecule has 0 aromatic carbocycles. The number of aliphatic hydroxyl groups excluding tert-OH is 1. The van der Waals surface area contributed by atoms with Crippen molar-refractivity contribution in [1.82, 2.24) is 20.4 Å². The van der Waals surface area contributed by atoms with E-state index in [-0.39, 0.29) is 42.3 Å². The van der Waals surface area contributed by atoms with Crippen molar-refractivity contribution in [2.75, 3.05) is 20.1 Å². The van der Waals surface area contributed by atoms with Crippen molar-refractivity contribution in [1.29, 1.82) is 0 Å². The van der Waals surface area contributed by atoms with E-state index >= 15 is 0 Å². The van der Waals surface area contributed by atoms with Crippen molar-refractivity contribution < 1.29 is 43.3 Å². The van der Waals surface area contributed by atoms with E-state index in [0.717, 1.165) is 0 Å². The summed E-state index contributed by atoms with van der Waals surface area (Å²) in [5, 5.41) is 16.4. The van der Waals surface area contributed by atoms with Gasteiger partial charge in [-0.15, -0.1) is 0 Å². The molecule has 14 heteroatoms. The van der Waals surface area contributed by atoms with E-state index in [2.05, 4.69) is 23.8 Å². The lowest BCUT2D eigenvalue weighted by Crippen LogP contribution is -2.57. The minimum atomic E-state index is -1.53. The van der Waals surface area contributed by atoms with Crippen molar-refractivity contribution in [2.24, 2.45) is 17.6 Å². The number of esters is 2. The molecule has 0 aliphatic carbocycles. The smallest absolute Gasteiger partial charge is 0.334 e. The molecule has 14 nitrogen and oxygen atoms in total. The van der Waals surface area contributed by atoms with Crippen LogP contribution in [0.15, 0.2) is 35.8 Å². The summed E-state index contributed by atoms with van der Waals surface area (Å²) in [5.74, 6) is -5.16. The molecule has 4 amide bonds. The van der Waals surface area contributed by atoms with Crippen molar-refractivity contribution in [3.05, 3.63) is 35.8 Å². The largest absolute Gasteiger partial charge is 0.452 e. The van der Waals surface area contributed by atoms with Crippen LogP contribution < -0.4 is 16.4 Å². The number of aliphatic hydroxyl groups is 1. The Hall–Kier alpha value is -4.04. The number of likely N-dealkylation sites (N-methyl/N-ethyl adjacent to an activating group) is 1. The Morgan fingerprint density at radius 1 is 1.06 bits per heavy atom. The zero-order valence-corrected chi connectivity index (χ0v) is 30.7. The van der Waals surface area contributed by atoms with Crippen molar-refractivity contribution >= 4 is 35.6 Å². The fourth-order valence-corrected chi connectivity index (χ4v) is 5.96. The number of allylic oxidation sites excluding steroid dienone is 1. The van der Waals surface area contributed by atoms with Crippen LogP contribution in [-0.2, 0) is 38.2 Å². The number of amides is 4. The minimum Gasteiger partial charge on any atom is -0.452 e. The standard InChI is InChI=1S/C36H57N5O9/c1-10-22(6)30-28(42)19-29(43)50-31(21(4)5)33(45)38-25(18-20(2)3)34(46)41-17-13-15-26(41)35(47)40(9)27(14-11-12-16-37)36(48)49-24(8)23(7)32(44)39-30/h20-21,25-28,31,42H,7-8,10-19,37H2,1-6,9H3,(H,38,45)(H,39,44)/b30-22+/t25-,26-,27-,28-,31-/m0/s1. The molecule has 5 N–H and O–H groups in total. The third kappa shape index (κ3) is 11.2. The SMILES string of the molecule is C=C1OC(=O)[C@H](CCCCN)N(C)C(=O)[C@@H]2CCCN2C(=O)[C@H](CC(C)C)NC(=O)[C@H](C(C)C)OC(=O)C[C@H](O)/C(=C(/C)CC)NC(=O)C1=C. The first kappa shape index (κ1) is 42.1. The maximum atomic E-state index is 14.1. The second kappa shape index (κ2) is 19.4. The number of hydrogen-bond donors (Lipinski definition) is 4. The van der Waals surface area contributed by atoms with Crippen LogP contribution in [0.4, 0.5) is 0 Å². The van der Waals surface area contributed by atoms with Crippen molar-refractivity contribution in [3.8, 4) is 0 Å². The lowest BCUT2D eigenvalue weighted by atomic mass is 10.00. The topological polar surface area (TPSA) is 198 Å². The Morgan fingerprint density at radius 2 is 1.72 bits per heavy atom. The van der Waals surface area contributed by atoms with Gasteiger partial charge in [-0.2, -0.15) is 0 Å². The Morgan fingerprint density at radius 3 is 2.30 bits per heavy atom. The molecule has 2 rings (SSSR count). The normalized spacial score (nSPS) is 26.7. The number of unbranched alkanes of at least 4 members (excludes halogenated alkanes) is 1. The third-order valence-electron chi connectivity index (χ3n) is 9.05. The van der Waals surface area contributed by atoms with E-state index in [1.165, 1.54) is 16.8 Å². The summed E-state index contributed by atoms with van der Waals surface area (Å²) < 4.78 is 11.1.